The first-order valence-corrected chi connectivity index (χ1v) is 9.50. The van der Waals surface area contributed by atoms with Gasteiger partial charge in [0.25, 0.3) is 5.91 Å². The number of alkyl halides is 3. The normalized spacial score (nSPS) is 12.5. The van der Waals surface area contributed by atoms with Crippen molar-refractivity contribution in [3.05, 3.63) is 76.9 Å². The van der Waals surface area contributed by atoms with Gasteiger partial charge in [-0.05, 0) is 57.2 Å². The molecule has 0 fully saturated rings. The maximum Gasteiger partial charge on any atom is 0.419 e. The maximum absolute atomic E-state index is 13.2. The molecule has 1 amide bonds. The van der Waals surface area contributed by atoms with Crippen LogP contribution in [0.25, 0.3) is 5.69 Å². The first kappa shape index (κ1) is 22.3. The molecule has 2 aromatic carbocycles. The van der Waals surface area contributed by atoms with E-state index in [0.29, 0.717) is 22.6 Å². The van der Waals surface area contributed by atoms with E-state index in [0.717, 1.165) is 6.07 Å². The van der Waals surface area contributed by atoms with Crippen molar-refractivity contribution in [1.82, 2.24) is 15.1 Å². The monoisotopic (exact) mass is 435 g/mol. The van der Waals surface area contributed by atoms with Crippen molar-refractivity contribution in [2.45, 2.75) is 33.0 Å². The van der Waals surface area contributed by atoms with E-state index in [1.54, 1.807) is 32.9 Å². The highest BCUT2D eigenvalue weighted by molar-refractivity contribution is 5.96. The van der Waals surface area contributed by atoms with Crippen LogP contribution >= 0.6 is 0 Å². The molecule has 0 aliphatic rings. The molecule has 1 atom stereocenters. The van der Waals surface area contributed by atoms with Crippen LogP contribution in [0.4, 0.5) is 17.6 Å². The fraction of sp³-hybridized carbons (Fsp3) is 0.273. The Balaban J connectivity index is 1.70. The van der Waals surface area contributed by atoms with Gasteiger partial charge < -0.3 is 10.1 Å². The van der Waals surface area contributed by atoms with Gasteiger partial charge in [-0.15, -0.1) is 0 Å². The molecular formula is C22H21F4N3O2. The lowest BCUT2D eigenvalue weighted by Gasteiger charge is -2.18. The Morgan fingerprint density at radius 1 is 1.13 bits per heavy atom. The number of amides is 1. The van der Waals surface area contributed by atoms with Crippen LogP contribution in [0.15, 0.2) is 48.5 Å². The Morgan fingerprint density at radius 2 is 1.77 bits per heavy atom. The minimum atomic E-state index is -4.54. The van der Waals surface area contributed by atoms with E-state index in [1.165, 1.54) is 35.0 Å². The third-order valence-corrected chi connectivity index (χ3v) is 4.65. The maximum atomic E-state index is 13.2. The van der Waals surface area contributed by atoms with Crippen LogP contribution in [-0.2, 0) is 6.18 Å². The summed E-state index contributed by atoms with van der Waals surface area (Å²) >= 11 is 0. The number of rotatable bonds is 6. The number of carbonyl (C=O) groups is 1. The zero-order valence-electron chi connectivity index (χ0n) is 17.1. The van der Waals surface area contributed by atoms with Gasteiger partial charge in [-0.25, -0.2) is 9.07 Å². The first-order chi connectivity index (χ1) is 14.6. The van der Waals surface area contributed by atoms with Gasteiger partial charge in [0.2, 0.25) is 0 Å². The van der Waals surface area contributed by atoms with Crippen molar-refractivity contribution < 1.29 is 27.1 Å². The van der Waals surface area contributed by atoms with Gasteiger partial charge in [0.15, 0.2) is 0 Å². The van der Waals surface area contributed by atoms with Gasteiger partial charge in [0.05, 0.1) is 34.2 Å². The number of para-hydroxylation sites is 1. The SMILES string of the molecule is Cc1nn(-c2ccc(F)cc2)c(C)c1C(=O)N[C@H](C)COc1ccccc1C(F)(F)F. The zero-order valence-corrected chi connectivity index (χ0v) is 17.1. The Bertz CT molecular complexity index is 1080. The molecule has 0 spiro atoms. The number of halogens is 4. The number of aryl methyl sites for hydroxylation is 1. The summed E-state index contributed by atoms with van der Waals surface area (Å²) in [5.41, 5.74) is 1.08. The van der Waals surface area contributed by atoms with Crippen molar-refractivity contribution in [2.75, 3.05) is 6.61 Å². The average molecular weight is 435 g/mol. The fourth-order valence-electron chi connectivity index (χ4n) is 3.18. The summed E-state index contributed by atoms with van der Waals surface area (Å²) in [7, 11) is 0. The highest BCUT2D eigenvalue weighted by Gasteiger charge is 2.34. The smallest absolute Gasteiger partial charge is 0.419 e. The quantitative estimate of drug-likeness (QED) is 0.564. The van der Waals surface area contributed by atoms with Gasteiger partial charge in [-0.2, -0.15) is 18.3 Å². The molecule has 1 aromatic heterocycles. The summed E-state index contributed by atoms with van der Waals surface area (Å²) < 4.78 is 59.3. The van der Waals surface area contributed by atoms with Crippen LogP contribution < -0.4 is 10.1 Å². The molecule has 0 saturated heterocycles. The van der Waals surface area contributed by atoms with E-state index in [-0.39, 0.29) is 18.2 Å². The fourth-order valence-corrected chi connectivity index (χ4v) is 3.18. The minimum absolute atomic E-state index is 0.150. The van der Waals surface area contributed by atoms with Gasteiger partial charge in [0.1, 0.15) is 18.2 Å². The van der Waals surface area contributed by atoms with Crippen LogP contribution in [-0.4, -0.2) is 28.3 Å². The molecule has 3 rings (SSSR count). The molecular weight excluding hydrogens is 414 g/mol. The molecule has 3 aromatic rings. The Morgan fingerprint density at radius 3 is 2.42 bits per heavy atom. The summed E-state index contributed by atoms with van der Waals surface area (Å²) in [6, 6.07) is 10.0. The minimum Gasteiger partial charge on any atom is -0.491 e. The van der Waals surface area contributed by atoms with Crippen molar-refractivity contribution in [3.8, 4) is 11.4 Å². The molecule has 0 unspecified atom stereocenters. The Hall–Kier alpha value is -3.36. The molecule has 0 saturated carbocycles. The summed E-state index contributed by atoms with van der Waals surface area (Å²) in [6.45, 7) is 4.86. The summed E-state index contributed by atoms with van der Waals surface area (Å²) in [4.78, 5) is 12.8. The van der Waals surface area contributed by atoms with Crippen LogP contribution in [0.3, 0.4) is 0 Å². The molecule has 0 radical (unpaired) electrons. The number of carbonyl (C=O) groups excluding carboxylic acids is 1. The lowest BCUT2D eigenvalue weighted by atomic mass is 10.1. The Labute approximate surface area is 176 Å². The molecule has 0 bridgehead atoms. The molecule has 5 nitrogen and oxygen atoms in total. The second-order valence-electron chi connectivity index (χ2n) is 7.11. The zero-order chi connectivity index (χ0) is 22.8. The number of ether oxygens (including phenoxy) is 1. The average Bonchev–Trinajstić information content (AvgIpc) is 3.00. The van der Waals surface area contributed by atoms with Crippen molar-refractivity contribution >= 4 is 5.91 Å². The molecule has 1 N–H and O–H groups in total. The number of aromatic nitrogens is 2. The summed E-state index contributed by atoms with van der Waals surface area (Å²) in [5.74, 6) is -1.11. The lowest BCUT2D eigenvalue weighted by Crippen LogP contribution is -2.37. The van der Waals surface area contributed by atoms with Crippen LogP contribution in [0.1, 0.15) is 34.2 Å². The van der Waals surface area contributed by atoms with E-state index in [4.69, 9.17) is 4.74 Å². The van der Waals surface area contributed by atoms with Gasteiger partial charge in [-0.1, -0.05) is 12.1 Å². The first-order valence-electron chi connectivity index (χ1n) is 9.50. The van der Waals surface area contributed by atoms with E-state index in [9.17, 15) is 22.4 Å². The number of hydrogen-bond acceptors (Lipinski definition) is 3. The van der Waals surface area contributed by atoms with Crippen LogP contribution in [0.5, 0.6) is 5.75 Å². The highest BCUT2D eigenvalue weighted by atomic mass is 19.4. The number of nitrogens with zero attached hydrogens (tertiary/aromatic N) is 2. The summed E-state index contributed by atoms with van der Waals surface area (Å²) in [6.07, 6.45) is -4.54. The molecule has 164 valence electrons. The van der Waals surface area contributed by atoms with E-state index >= 15 is 0 Å². The van der Waals surface area contributed by atoms with Gasteiger partial charge in [-0.3, -0.25) is 4.79 Å². The van der Waals surface area contributed by atoms with E-state index < -0.39 is 23.7 Å². The van der Waals surface area contributed by atoms with E-state index in [1.807, 2.05) is 0 Å². The highest BCUT2D eigenvalue weighted by Crippen LogP contribution is 2.35. The second-order valence-corrected chi connectivity index (χ2v) is 7.11. The predicted molar refractivity (Wildman–Crippen MR) is 107 cm³/mol. The molecule has 9 heteroatoms. The topological polar surface area (TPSA) is 56.2 Å². The molecule has 0 aliphatic heterocycles. The van der Waals surface area contributed by atoms with Crippen LogP contribution in [0.2, 0.25) is 0 Å². The number of benzene rings is 2. The standard InChI is InChI=1S/C22H21F4N3O2/c1-13(12-31-19-7-5-4-6-18(19)22(24,25)26)27-21(30)20-14(2)28-29(15(20)3)17-10-8-16(23)9-11-17/h4-11,13H,12H2,1-3H3,(H,27,30)/t13-/m1/s1. The van der Waals surface area contributed by atoms with E-state index in [2.05, 4.69) is 10.4 Å². The summed E-state index contributed by atoms with van der Waals surface area (Å²) in [5, 5.41) is 7.07. The lowest BCUT2D eigenvalue weighted by molar-refractivity contribution is -0.139. The van der Waals surface area contributed by atoms with Crippen molar-refractivity contribution in [2.24, 2.45) is 0 Å². The molecule has 31 heavy (non-hydrogen) atoms. The molecule has 1 heterocycles. The largest absolute Gasteiger partial charge is 0.491 e. The van der Waals surface area contributed by atoms with Crippen molar-refractivity contribution in [3.63, 3.8) is 0 Å². The van der Waals surface area contributed by atoms with Crippen molar-refractivity contribution in [1.29, 1.82) is 0 Å². The number of nitrogens with one attached hydrogen (secondary N) is 1. The molecule has 0 aliphatic carbocycles. The van der Waals surface area contributed by atoms with Crippen LogP contribution in [0, 0.1) is 19.7 Å². The third kappa shape index (κ3) is 5.04. The number of hydrogen-bond donors (Lipinski definition) is 1. The van der Waals surface area contributed by atoms with Gasteiger partial charge >= 0.3 is 6.18 Å². The second kappa shape index (κ2) is 8.79. The third-order valence-electron chi connectivity index (χ3n) is 4.65. The predicted octanol–water partition coefficient (Wildman–Crippen LogP) is 4.84. The Kier molecular flexibility index (Phi) is 6.33. The van der Waals surface area contributed by atoms with Gasteiger partial charge in [0, 0.05) is 0 Å².